The summed E-state index contributed by atoms with van der Waals surface area (Å²) in [6.45, 7) is 6.81. The summed E-state index contributed by atoms with van der Waals surface area (Å²) < 4.78 is 4.60. The minimum Gasteiger partial charge on any atom is -0.320 e. The second-order valence-electron chi connectivity index (χ2n) is 7.93. The molecule has 6 nitrogen and oxygen atoms in total. The van der Waals surface area contributed by atoms with Gasteiger partial charge in [-0.05, 0) is 42.7 Å². The van der Waals surface area contributed by atoms with Crippen LogP contribution in [0.3, 0.4) is 0 Å². The average molecular weight is 423 g/mol. The van der Waals surface area contributed by atoms with Crippen LogP contribution in [0.25, 0.3) is 16.9 Å². The number of imidazole rings is 1. The average Bonchev–Trinajstić information content (AvgIpc) is 3.11. The lowest BCUT2D eigenvalue weighted by molar-refractivity contribution is 0.489. The first-order chi connectivity index (χ1) is 14.3. The van der Waals surface area contributed by atoms with Crippen molar-refractivity contribution in [3.8, 4) is 5.69 Å². The number of hydrogen-bond acceptors (Lipinski definition) is 3. The highest BCUT2D eigenvalue weighted by Crippen LogP contribution is 2.17. The third kappa shape index (κ3) is 3.71. The zero-order valence-electron chi connectivity index (χ0n) is 17.2. The van der Waals surface area contributed by atoms with Crippen LogP contribution in [-0.2, 0) is 13.1 Å². The lowest BCUT2D eigenvalue weighted by atomic mass is 10.1. The van der Waals surface area contributed by atoms with Gasteiger partial charge in [0.15, 0.2) is 11.2 Å². The van der Waals surface area contributed by atoms with E-state index in [4.69, 9.17) is 11.6 Å². The zero-order chi connectivity index (χ0) is 21.4. The molecule has 0 aliphatic carbocycles. The maximum atomic E-state index is 13.3. The molecule has 4 rings (SSSR count). The van der Waals surface area contributed by atoms with Crippen molar-refractivity contribution in [1.29, 1.82) is 0 Å². The van der Waals surface area contributed by atoms with E-state index in [0.717, 1.165) is 5.56 Å². The van der Waals surface area contributed by atoms with Crippen molar-refractivity contribution in [2.45, 2.75) is 33.9 Å². The van der Waals surface area contributed by atoms with E-state index in [-0.39, 0.29) is 11.5 Å². The van der Waals surface area contributed by atoms with Crippen LogP contribution in [0.2, 0.25) is 5.02 Å². The lowest BCUT2D eigenvalue weighted by Gasteiger charge is -2.14. The molecule has 0 N–H and O–H groups in total. The van der Waals surface area contributed by atoms with Crippen LogP contribution >= 0.6 is 11.6 Å². The van der Waals surface area contributed by atoms with E-state index in [9.17, 15) is 9.59 Å². The topological polar surface area (TPSA) is 61.8 Å². The van der Waals surface area contributed by atoms with Crippen LogP contribution in [0, 0.1) is 12.8 Å². The minimum atomic E-state index is -0.399. The van der Waals surface area contributed by atoms with Crippen molar-refractivity contribution >= 4 is 22.8 Å². The molecule has 0 bridgehead atoms. The maximum absolute atomic E-state index is 13.3. The molecule has 0 fully saturated rings. The molecule has 30 heavy (non-hydrogen) atoms. The van der Waals surface area contributed by atoms with Gasteiger partial charge in [-0.2, -0.15) is 0 Å². The van der Waals surface area contributed by atoms with Gasteiger partial charge in [0.25, 0.3) is 5.56 Å². The van der Waals surface area contributed by atoms with Gasteiger partial charge in [0.05, 0.1) is 12.0 Å². The molecule has 0 amide bonds. The molecule has 7 heteroatoms. The number of aryl methyl sites for hydroxylation is 1. The summed E-state index contributed by atoms with van der Waals surface area (Å²) in [5.41, 5.74) is 2.88. The van der Waals surface area contributed by atoms with Gasteiger partial charge in [-0.1, -0.05) is 55.3 Å². The number of fused-ring (bicyclic) bond motifs is 1. The second-order valence-corrected chi connectivity index (χ2v) is 8.37. The molecular weight excluding hydrogens is 400 g/mol. The van der Waals surface area contributed by atoms with Crippen LogP contribution in [0.5, 0.6) is 0 Å². The van der Waals surface area contributed by atoms with Crippen LogP contribution in [0.15, 0.2) is 64.4 Å². The predicted molar refractivity (Wildman–Crippen MR) is 120 cm³/mol. The molecule has 0 unspecified atom stereocenters. The molecule has 0 saturated carbocycles. The van der Waals surface area contributed by atoms with E-state index in [0.29, 0.717) is 35.0 Å². The number of hydrogen-bond donors (Lipinski definition) is 0. The maximum Gasteiger partial charge on any atom is 0.337 e. The Morgan fingerprint density at radius 3 is 2.30 bits per heavy atom. The Balaban J connectivity index is 1.97. The Hall–Kier alpha value is -3.12. The molecule has 0 saturated heterocycles. The molecule has 2 heterocycles. The highest BCUT2D eigenvalue weighted by atomic mass is 35.5. The van der Waals surface area contributed by atoms with Crippen LogP contribution in [0.1, 0.15) is 25.0 Å². The van der Waals surface area contributed by atoms with Crippen LogP contribution in [0.4, 0.5) is 0 Å². The second kappa shape index (κ2) is 7.95. The van der Waals surface area contributed by atoms with Crippen molar-refractivity contribution in [2.24, 2.45) is 5.92 Å². The lowest BCUT2D eigenvalue weighted by Crippen LogP contribution is -2.41. The van der Waals surface area contributed by atoms with E-state index >= 15 is 0 Å². The van der Waals surface area contributed by atoms with Crippen molar-refractivity contribution in [3.05, 3.63) is 91.8 Å². The van der Waals surface area contributed by atoms with E-state index in [2.05, 4.69) is 4.98 Å². The quantitative estimate of drug-likeness (QED) is 0.488. The van der Waals surface area contributed by atoms with Crippen LogP contribution in [-0.4, -0.2) is 18.7 Å². The Bertz CT molecular complexity index is 1310. The van der Waals surface area contributed by atoms with Gasteiger partial charge in [0.2, 0.25) is 0 Å². The SMILES string of the molecule is Cc1ccc(Cn2cnc3c2c(=O)n(CC(C)C)c(=O)n3-c2ccc(Cl)cc2)cc1. The third-order valence-corrected chi connectivity index (χ3v) is 5.26. The molecular formula is C23H23ClN4O2. The molecule has 0 radical (unpaired) electrons. The minimum absolute atomic E-state index is 0.139. The van der Waals surface area contributed by atoms with Gasteiger partial charge in [-0.15, -0.1) is 0 Å². The van der Waals surface area contributed by atoms with E-state index in [1.54, 1.807) is 30.6 Å². The molecule has 0 atom stereocenters. The number of halogens is 1. The zero-order valence-corrected chi connectivity index (χ0v) is 17.9. The van der Waals surface area contributed by atoms with Crippen molar-refractivity contribution in [1.82, 2.24) is 18.7 Å². The van der Waals surface area contributed by atoms with Gasteiger partial charge in [-0.25, -0.2) is 14.3 Å². The summed E-state index contributed by atoms with van der Waals surface area (Å²) in [5.74, 6) is 0.139. The first-order valence-corrected chi connectivity index (χ1v) is 10.2. The summed E-state index contributed by atoms with van der Waals surface area (Å²) in [5, 5.41) is 0.573. The van der Waals surface area contributed by atoms with Crippen molar-refractivity contribution in [3.63, 3.8) is 0 Å². The molecule has 2 aromatic heterocycles. The summed E-state index contributed by atoms with van der Waals surface area (Å²) >= 11 is 6.03. The Kier molecular flexibility index (Phi) is 5.35. The van der Waals surface area contributed by atoms with Gasteiger partial charge < -0.3 is 4.57 Å². The molecule has 0 spiro atoms. The predicted octanol–water partition coefficient (Wildman–Crippen LogP) is 4.02. The standard InChI is InChI=1S/C23H23ClN4O2/c1-15(2)12-27-22(29)20-21(28(23(27)30)19-10-8-18(24)9-11-19)25-14-26(20)13-17-6-4-16(3)5-7-17/h4-11,14-15H,12-13H2,1-3H3. The summed E-state index contributed by atoms with van der Waals surface area (Å²) in [7, 11) is 0. The Morgan fingerprint density at radius 1 is 1.00 bits per heavy atom. The Labute approximate surface area is 179 Å². The van der Waals surface area contributed by atoms with Crippen molar-refractivity contribution < 1.29 is 0 Å². The number of aromatic nitrogens is 4. The number of benzene rings is 2. The van der Waals surface area contributed by atoms with Gasteiger partial charge >= 0.3 is 5.69 Å². The molecule has 4 aromatic rings. The molecule has 154 valence electrons. The fourth-order valence-corrected chi connectivity index (χ4v) is 3.66. The largest absolute Gasteiger partial charge is 0.337 e. The first-order valence-electron chi connectivity index (χ1n) is 9.87. The van der Waals surface area contributed by atoms with Crippen molar-refractivity contribution in [2.75, 3.05) is 0 Å². The summed E-state index contributed by atoms with van der Waals surface area (Å²) in [6.07, 6.45) is 1.62. The number of rotatable bonds is 5. The smallest absolute Gasteiger partial charge is 0.320 e. The highest BCUT2D eigenvalue weighted by molar-refractivity contribution is 6.30. The van der Waals surface area contributed by atoms with Gasteiger partial charge in [-0.3, -0.25) is 9.36 Å². The third-order valence-electron chi connectivity index (χ3n) is 5.01. The molecule has 0 aliphatic heterocycles. The fourth-order valence-electron chi connectivity index (χ4n) is 3.54. The van der Waals surface area contributed by atoms with E-state index in [1.807, 2.05) is 49.6 Å². The fraction of sp³-hybridized carbons (Fsp3) is 0.261. The monoisotopic (exact) mass is 422 g/mol. The van der Waals surface area contributed by atoms with Gasteiger partial charge in [0.1, 0.15) is 0 Å². The van der Waals surface area contributed by atoms with Gasteiger partial charge in [0, 0.05) is 18.1 Å². The molecule has 2 aromatic carbocycles. The summed E-state index contributed by atoms with van der Waals surface area (Å²) in [4.78, 5) is 31.0. The van der Waals surface area contributed by atoms with Crippen LogP contribution < -0.4 is 11.2 Å². The number of nitrogens with zero attached hydrogens (tertiary/aromatic N) is 4. The highest BCUT2D eigenvalue weighted by Gasteiger charge is 2.19. The summed E-state index contributed by atoms with van der Waals surface area (Å²) in [6, 6.07) is 15.1. The first kappa shape index (κ1) is 20.2. The normalized spacial score (nSPS) is 11.5. The molecule has 0 aliphatic rings. The Morgan fingerprint density at radius 2 is 1.67 bits per heavy atom. The van der Waals surface area contributed by atoms with E-state index < -0.39 is 5.69 Å². The van der Waals surface area contributed by atoms with E-state index in [1.165, 1.54) is 14.7 Å².